The van der Waals surface area contributed by atoms with Crippen LogP contribution >= 0.6 is 0 Å². The van der Waals surface area contributed by atoms with Gasteiger partial charge in [0.2, 0.25) is 15.7 Å². The first kappa shape index (κ1) is 23.0. The Morgan fingerprint density at radius 2 is 1.50 bits per heavy atom. The second kappa shape index (κ2) is 10.1. The fourth-order valence-corrected chi connectivity index (χ4v) is 4.70. The minimum Gasteiger partial charge on any atom is -0.495 e. The van der Waals surface area contributed by atoms with Crippen LogP contribution in [0.4, 0.5) is 11.4 Å². The number of benzene rings is 3. The van der Waals surface area contributed by atoms with Gasteiger partial charge in [0.05, 0.1) is 38.5 Å². The largest absolute Gasteiger partial charge is 0.495 e. The van der Waals surface area contributed by atoms with Gasteiger partial charge in [-0.1, -0.05) is 24.3 Å². The van der Waals surface area contributed by atoms with Crippen LogP contribution in [0.15, 0.2) is 76.5 Å². The highest BCUT2D eigenvalue weighted by atomic mass is 32.2. The summed E-state index contributed by atoms with van der Waals surface area (Å²) < 4.78 is 42.2. The highest BCUT2D eigenvalue weighted by Crippen LogP contribution is 2.35. The Balaban J connectivity index is 1.82. The summed E-state index contributed by atoms with van der Waals surface area (Å²) in [6.45, 7) is -0.168. The van der Waals surface area contributed by atoms with Crippen LogP contribution in [0.2, 0.25) is 0 Å². The van der Waals surface area contributed by atoms with Crippen molar-refractivity contribution in [3.05, 3.63) is 66.7 Å². The molecule has 0 saturated heterocycles. The zero-order valence-electron chi connectivity index (χ0n) is 17.9. The molecule has 3 aromatic carbocycles. The van der Waals surface area contributed by atoms with Crippen LogP contribution in [-0.4, -0.2) is 42.2 Å². The first-order valence-corrected chi connectivity index (χ1v) is 11.1. The van der Waals surface area contributed by atoms with Crippen molar-refractivity contribution in [3.8, 4) is 17.2 Å². The second-order valence-electron chi connectivity index (χ2n) is 6.62. The molecule has 0 aliphatic rings. The van der Waals surface area contributed by atoms with Crippen LogP contribution < -0.4 is 24.8 Å². The summed E-state index contributed by atoms with van der Waals surface area (Å²) in [5, 5.41) is 5.65. The van der Waals surface area contributed by atoms with Crippen molar-refractivity contribution in [1.29, 1.82) is 0 Å². The number of methoxy groups -OCH3 is 3. The minimum atomic E-state index is -3.89. The van der Waals surface area contributed by atoms with Crippen molar-refractivity contribution in [3.63, 3.8) is 0 Å². The van der Waals surface area contributed by atoms with Gasteiger partial charge in [0.25, 0.3) is 0 Å². The summed E-state index contributed by atoms with van der Waals surface area (Å²) >= 11 is 0. The number of carbonyl (C=O) groups excluding carboxylic acids is 1. The molecule has 0 unspecified atom stereocenters. The fourth-order valence-electron chi connectivity index (χ4n) is 3.11. The number of hydrogen-bond donors (Lipinski definition) is 2. The lowest BCUT2D eigenvalue weighted by Crippen LogP contribution is -2.22. The molecule has 0 radical (unpaired) electrons. The van der Waals surface area contributed by atoms with E-state index in [1.807, 2.05) is 0 Å². The highest BCUT2D eigenvalue weighted by molar-refractivity contribution is 7.91. The maximum absolute atomic E-state index is 13.3. The lowest BCUT2D eigenvalue weighted by molar-refractivity contribution is -0.114. The molecule has 0 bridgehead atoms. The third kappa shape index (κ3) is 4.94. The molecular formula is C23H24N2O6S. The number of rotatable bonds is 9. The normalized spacial score (nSPS) is 10.8. The van der Waals surface area contributed by atoms with Gasteiger partial charge in [-0.15, -0.1) is 0 Å². The maximum Gasteiger partial charge on any atom is 0.243 e. The predicted octanol–water partition coefficient (Wildman–Crippen LogP) is 3.60. The highest BCUT2D eigenvalue weighted by Gasteiger charge is 2.26. The third-order valence-corrected chi connectivity index (χ3v) is 6.48. The van der Waals surface area contributed by atoms with E-state index in [-0.39, 0.29) is 33.7 Å². The van der Waals surface area contributed by atoms with E-state index in [9.17, 15) is 13.2 Å². The summed E-state index contributed by atoms with van der Waals surface area (Å²) in [5.74, 6) is 0.820. The minimum absolute atomic E-state index is 0.0346. The lowest BCUT2D eigenvalue weighted by atomic mass is 10.2. The fraction of sp³-hybridized carbons (Fsp3) is 0.174. The van der Waals surface area contributed by atoms with Crippen molar-refractivity contribution in [2.45, 2.75) is 9.79 Å². The van der Waals surface area contributed by atoms with Gasteiger partial charge < -0.3 is 24.8 Å². The van der Waals surface area contributed by atoms with Crippen LogP contribution in [0.1, 0.15) is 0 Å². The van der Waals surface area contributed by atoms with Gasteiger partial charge in [-0.2, -0.15) is 0 Å². The Morgan fingerprint density at radius 1 is 0.812 bits per heavy atom. The Kier molecular flexibility index (Phi) is 7.21. The Bertz CT molecular complexity index is 1200. The van der Waals surface area contributed by atoms with E-state index < -0.39 is 9.84 Å². The van der Waals surface area contributed by atoms with E-state index in [2.05, 4.69) is 10.6 Å². The summed E-state index contributed by atoms with van der Waals surface area (Å²) in [5.41, 5.74) is 0.771. The van der Waals surface area contributed by atoms with Crippen molar-refractivity contribution in [1.82, 2.24) is 0 Å². The summed E-state index contributed by atoms with van der Waals surface area (Å²) in [4.78, 5) is 12.6. The van der Waals surface area contributed by atoms with E-state index in [0.717, 1.165) is 0 Å². The molecule has 1 amide bonds. The zero-order valence-corrected chi connectivity index (χ0v) is 18.7. The van der Waals surface area contributed by atoms with Crippen LogP contribution in [0.25, 0.3) is 0 Å². The average Bonchev–Trinajstić information content (AvgIpc) is 2.82. The predicted molar refractivity (Wildman–Crippen MR) is 122 cm³/mol. The Labute approximate surface area is 187 Å². The number of amides is 1. The van der Waals surface area contributed by atoms with Crippen molar-refractivity contribution >= 4 is 27.1 Å². The monoisotopic (exact) mass is 456 g/mol. The molecule has 0 atom stereocenters. The SMILES string of the molecule is COc1ccc(NC(=O)CNc2cccc(OC)c2S(=O)(=O)c2ccccc2)cc1OC. The quantitative estimate of drug-likeness (QED) is 0.507. The number of hydrogen-bond acceptors (Lipinski definition) is 7. The standard InChI is InChI=1S/C23H24N2O6S/c1-29-19-13-12-16(14-21(19)31-3)25-22(26)15-24-18-10-7-11-20(30-2)23(18)32(27,28)17-8-5-4-6-9-17/h4-14,24H,15H2,1-3H3,(H,25,26). The Morgan fingerprint density at radius 3 is 2.16 bits per heavy atom. The molecule has 9 heteroatoms. The zero-order chi connectivity index (χ0) is 23.1. The van der Waals surface area contributed by atoms with E-state index in [1.54, 1.807) is 54.6 Å². The van der Waals surface area contributed by atoms with Gasteiger partial charge in [-0.25, -0.2) is 8.42 Å². The summed E-state index contributed by atoms with van der Waals surface area (Å²) in [7, 11) is 0.536. The molecule has 8 nitrogen and oxygen atoms in total. The number of ether oxygens (including phenoxy) is 3. The van der Waals surface area contributed by atoms with Crippen molar-refractivity contribution < 1.29 is 27.4 Å². The van der Waals surface area contributed by atoms with Crippen molar-refractivity contribution in [2.75, 3.05) is 38.5 Å². The number of sulfone groups is 1. The van der Waals surface area contributed by atoms with E-state index in [1.165, 1.54) is 33.5 Å². The average molecular weight is 457 g/mol. The third-order valence-electron chi connectivity index (χ3n) is 4.63. The molecule has 0 aliphatic carbocycles. The van der Waals surface area contributed by atoms with Crippen LogP contribution in [0.3, 0.4) is 0 Å². The maximum atomic E-state index is 13.3. The van der Waals surface area contributed by atoms with Crippen molar-refractivity contribution in [2.24, 2.45) is 0 Å². The lowest BCUT2D eigenvalue weighted by Gasteiger charge is -2.16. The molecule has 0 spiro atoms. The van der Waals surface area contributed by atoms with Crippen LogP contribution in [-0.2, 0) is 14.6 Å². The topological polar surface area (TPSA) is 103 Å². The van der Waals surface area contributed by atoms with E-state index in [0.29, 0.717) is 17.2 Å². The molecule has 32 heavy (non-hydrogen) atoms. The Hall–Kier alpha value is -3.72. The van der Waals surface area contributed by atoms with Crippen LogP contribution in [0.5, 0.6) is 17.2 Å². The van der Waals surface area contributed by atoms with Gasteiger partial charge in [0, 0.05) is 11.8 Å². The molecule has 0 saturated carbocycles. The molecule has 168 valence electrons. The van der Waals surface area contributed by atoms with Gasteiger partial charge in [0.1, 0.15) is 10.6 Å². The number of anilines is 2. The van der Waals surface area contributed by atoms with Gasteiger partial charge in [-0.05, 0) is 36.4 Å². The molecule has 0 heterocycles. The molecule has 3 rings (SSSR count). The van der Waals surface area contributed by atoms with Gasteiger partial charge in [-0.3, -0.25) is 4.79 Å². The smallest absolute Gasteiger partial charge is 0.243 e. The molecular weight excluding hydrogens is 432 g/mol. The molecule has 0 aliphatic heterocycles. The second-order valence-corrected chi connectivity index (χ2v) is 8.51. The van der Waals surface area contributed by atoms with E-state index in [4.69, 9.17) is 14.2 Å². The van der Waals surface area contributed by atoms with Gasteiger partial charge >= 0.3 is 0 Å². The molecule has 0 fully saturated rings. The van der Waals surface area contributed by atoms with E-state index >= 15 is 0 Å². The van der Waals surface area contributed by atoms with Crippen LogP contribution in [0, 0.1) is 0 Å². The first-order valence-electron chi connectivity index (χ1n) is 9.63. The number of carbonyl (C=O) groups is 1. The summed E-state index contributed by atoms with van der Waals surface area (Å²) in [6, 6.07) is 17.8. The molecule has 2 N–H and O–H groups in total. The summed E-state index contributed by atoms with van der Waals surface area (Å²) in [6.07, 6.45) is 0. The molecule has 3 aromatic rings. The van der Waals surface area contributed by atoms with Gasteiger partial charge in [0.15, 0.2) is 11.5 Å². The number of nitrogens with one attached hydrogen (secondary N) is 2. The molecule has 0 aromatic heterocycles. The first-order chi connectivity index (χ1) is 15.4.